The fourth-order valence-electron chi connectivity index (χ4n) is 1.92. The van der Waals surface area contributed by atoms with Crippen LogP contribution in [0.25, 0.3) is 0 Å². The van der Waals surface area contributed by atoms with E-state index in [-0.39, 0.29) is 17.9 Å². The highest BCUT2D eigenvalue weighted by Crippen LogP contribution is 2.28. The van der Waals surface area contributed by atoms with Crippen LogP contribution in [0.1, 0.15) is 39.5 Å². The highest BCUT2D eigenvalue weighted by atomic mass is 79.9. The molecule has 0 radical (unpaired) electrons. The number of alkyl halides is 1. The average molecular weight is 262 g/mol. The highest BCUT2D eigenvalue weighted by Gasteiger charge is 2.24. The smallest absolute Gasteiger partial charge is 0.223 e. The molecule has 0 aromatic carbocycles. The van der Waals surface area contributed by atoms with Gasteiger partial charge in [-0.05, 0) is 38.5 Å². The second-order valence-corrected chi connectivity index (χ2v) is 5.17. The van der Waals surface area contributed by atoms with Crippen molar-refractivity contribution in [2.75, 3.05) is 5.33 Å². The Morgan fingerprint density at radius 1 is 1.43 bits per heavy atom. The van der Waals surface area contributed by atoms with Gasteiger partial charge in [-0.25, -0.2) is 0 Å². The first-order valence-electron chi connectivity index (χ1n) is 5.49. The summed E-state index contributed by atoms with van der Waals surface area (Å²) < 4.78 is 0. The Kier molecular flexibility index (Phi) is 4.93. The summed E-state index contributed by atoms with van der Waals surface area (Å²) in [6.45, 7) is 4.30. The average Bonchev–Trinajstić information content (AvgIpc) is 2.18. The Balaban J connectivity index is 2.30. The maximum atomic E-state index is 11.7. The molecule has 1 rings (SSSR count). The highest BCUT2D eigenvalue weighted by molar-refractivity contribution is 9.09. The van der Waals surface area contributed by atoms with Crippen LogP contribution in [0.2, 0.25) is 0 Å². The molecule has 0 saturated heterocycles. The van der Waals surface area contributed by atoms with Gasteiger partial charge in [-0.2, -0.15) is 0 Å². The first-order valence-corrected chi connectivity index (χ1v) is 6.62. The Morgan fingerprint density at radius 3 is 2.50 bits per heavy atom. The van der Waals surface area contributed by atoms with Crippen molar-refractivity contribution in [2.45, 2.75) is 45.6 Å². The van der Waals surface area contributed by atoms with E-state index in [1.807, 2.05) is 6.92 Å². The summed E-state index contributed by atoms with van der Waals surface area (Å²) >= 11 is 3.36. The van der Waals surface area contributed by atoms with E-state index in [2.05, 4.69) is 28.2 Å². The van der Waals surface area contributed by atoms with Crippen LogP contribution in [-0.2, 0) is 4.79 Å². The normalized spacial score (nSPS) is 29.6. The summed E-state index contributed by atoms with van der Waals surface area (Å²) in [7, 11) is 0. The van der Waals surface area contributed by atoms with Crippen molar-refractivity contribution in [2.24, 2.45) is 11.8 Å². The van der Waals surface area contributed by atoms with Crippen molar-refractivity contribution in [3.63, 3.8) is 0 Å². The quantitative estimate of drug-likeness (QED) is 0.778. The van der Waals surface area contributed by atoms with Crippen molar-refractivity contribution in [3.05, 3.63) is 0 Å². The molecule has 3 heteroatoms. The maximum absolute atomic E-state index is 11.7. The third kappa shape index (κ3) is 3.60. The number of nitrogens with one attached hydrogen (secondary N) is 1. The summed E-state index contributed by atoms with van der Waals surface area (Å²) in [5.74, 6) is 1.34. The molecule has 1 atom stereocenters. The molecule has 0 aromatic heterocycles. The lowest BCUT2D eigenvalue weighted by Crippen LogP contribution is -2.39. The molecule has 82 valence electrons. The predicted molar refractivity (Wildman–Crippen MR) is 62.5 cm³/mol. The Morgan fingerprint density at radius 2 is 2.00 bits per heavy atom. The Labute approximate surface area is 95.0 Å². The molecule has 0 bridgehead atoms. The van der Waals surface area contributed by atoms with Crippen LogP contribution < -0.4 is 5.32 Å². The number of amides is 1. The fraction of sp³-hybridized carbons (Fsp3) is 0.909. The van der Waals surface area contributed by atoms with Gasteiger partial charge in [-0.1, -0.05) is 22.9 Å². The molecule has 0 aromatic rings. The molecule has 0 aliphatic heterocycles. The summed E-state index contributed by atoms with van der Waals surface area (Å²) in [5, 5.41) is 3.86. The molecule has 1 N–H and O–H groups in total. The largest absolute Gasteiger partial charge is 0.353 e. The monoisotopic (exact) mass is 261 g/mol. The third-order valence-electron chi connectivity index (χ3n) is 3.01. The lowest BCUT2D eigenvalue weighted by atomic mass is 9.82. The third-order valence-corrected chi connectivity index (χ3v) is 3.98. The van der Waals surface area contributed by atoms with Crippen LogP contribution in [0.4, 0.5) is 0 Å². The lowest BCUT2D eigenvalue weighted by molar-refractivity contribution is -0.126. The van der Waals surface area contributed by atoms with E-state index in [1.54, 1.807) is 0 Å². The van der Waals surface area contributed by atoms with Gasteiger partial charge in [0, 0.05) is 17.3 Å². The van der Waals surface area contributed by atoms with Crippen LogP contribution >= 0.6 is 15.9 Å². The van der Waals surface area contributed by atoms with Gasteiger partial charge in [0.1, 0.15) is 0 Å². The summed E-state index contributed by atoms with van der Waals surface area (Å²) in [5.41, 5.74) is 0. The zero-order valence-electron chi connectivity index (χ0n) is 9.05. The van der Waals surface area contributed by atoms with Crippen molar-refractivity contribution in [1.82, 2.24) is 5.32 Å². The van der Waals surface area contributed by atoms with Crippen molar-refractivity contribution < 1.29 is 4.79 Å². The summed E-state index contributed by atoms with van der Waals surface area (Å²) in [6.07, 6.45) is 4.56. The van der Waals surface area contributed by atoms with Crippen LogP contribution in [0.15, 0.2) is 0 Å². The summed E-state index contributed by atoms with van der Waals surface area (Å²) in [4.78, 5) is 11.7. The molecule has 1 unspecified atom stereocenters. The SMILES string of the molecule is CC1CCC(C(=O)NC(C)CBr)CC1. The minimum Gasteiger partial charge on any atom is -0.353 e. The number of rotatable bonds is 3. The molecule has 0 spiro atoms. The molecule has 14 heavy (non-hydrogen) atoms. The lowest BCUT2D eigenvalue weighted by Gasteiger charge is -2.26. The van der Waals surface area contributed by atoms with Gasteiger partial charge in [0.2, 0.25) is 5.91 Å². The van der Waals surface area contributed by atoms with Crippen molar-refractivity contribution in [1.29, 1.82) is 0 Å². The number of carbonyl (C=O) groups excluding carboxylic acids is 1. The van der Waals surface area contributed by atoms with Gasteiger partial charge < -0.3 is 5.32 Å². The van der Waals surface area contributed by atoms with Gasteiger partial charge in [-0.3, -0.25) is 4.79 Å². The molecule has 2 nitrogen and oxygen atoms in total. The first kappa shape index (κ1) is 12.0. The van der Waals surface area contributed by atoms with Crippen LogP contribution in [0.3, 0.4) is 0 Å². The van der Waals surface area contributed by atoms with Gasteiger partial charge in [0.05, 0.1) is 0 Å². The van der Waals surface area contributed by atoms with Crippen molar-refractivity contribution >= 4 is 21.8 Å². The van der Waals surface area contributed by atoms with E-state index in [1.165, 1.54) is 12.8 Å². The van der Waals surface area contributed by atoms with Crippen molar-refractivity contribution in [3.8, 4) is 0 Å². The van der Waals surface area contributed by atoms with E-state index in [4.69, 9.17) is 0 Å². The number of hydrogen-bond acceptors (Lipinski definition) is 1. The Hall–Kier alpha value is -0.0500. The molecule has 1 saturated carbocycles. The minimum absolute atomic E-state index is 0.252. The van der Waals surface area contributed by atoms with E-state index >= 15 is 0 Å². The predicted octanol–water partition coefficient (Wildman–Crippen LogP) is 2.71. The zero-order chi connectivity index (χ0) is 10.6. The molecular formula is C11H20BrNO. The minimum atomic E-state index is 0.252. The second kappa shape index (κ2) is 5.74. The van der Waals surface area contributed by atoms with E-state index < -0.39 is 0 Å². The van der Waals surface area contributed by atoms with Gasteiger partial charge in [0.25, 0.3) is 0 Å². The van der Waals surface area contributed by atoms with E-state index in [0.717, 1.165) is 24.1 Å². The number of hydrogen-bond donors (Lipinski definition) is 1. The first-order chi connectivity index (χ1) is 6.63. The summed E-state index contributed by atoms with van der Waals surface area (Å²) in [6, 6.07) is 0.252. The number of carbonyl (C=O) groups is 1. The van der Waals surface area contributed by atoms with Crippen LogP contribution in [-0.4, -0.2) is 17.3 Å². The Bertz CT molecular complexity index is 188. The molecule has 1 aliphatic carbocycles. The van der Waals surface area contributed by atoms with E-state index in [0.29, 0.717) is 0 Å². The molecule has 1 aliphatic rings. The zero-order valence-corrected chi connectivity index (χ0v) is 10.6. The van der Waals surface area contributed by atoms with Gasteiger partial charge >= 0.3 is 0 Å². The van der Waals surface area contributed by atoms with E-state index in [9.17, 15) is 4.79 Å². The fourth-order valence-corrected chi connectivity index (χ4v) is 2.08. The standard InChI is InChI=1S/C11H20BrNO/c1-8-3-5-10(6-4-8)11(14)13-9(2)7-12/h8-10H,3-7H2,1-2H3,(H,13,14). The molecule has 1 amide bonds. The maximum Gasteiger partial charge on any atom is 0.223 e. The molecular weight excluding hydrogens is 242 g/mol. The van der Waals surface area contributed by atoms with Gasteiger partial charge in [0.15, 0.2) is 0 Å². The molecule has 1 fully saturated rings. The van der Waals surface area contributed by atoms with Crippen LogP contribution in [0, 0.1) is 11.8 Å². The van der Waals surface area contributed by atoms with Crippen LogP contribution in [0.5, 0.6) is 0 Å². The van der Waals surface area contributed by atoms with Gasteiger partial charge in [-0.15, -0.1) is 0 Å². The second-order valence-electron chi connectivity index (χ2n) is 4.52. The number of halogens is 1. The topological polar surface area (TPSA) is 29.1 Å². The molecule has 0 heterocycles.